The molecule has 2 aliphatic rings. The Kier molecular flexibility index (Phi) is 5.78. The predicted molar refractivity (Wildman–Crippen MR) is 118 cm³/mol. The van der Waals surface area contributed by atoms with Gasteiger partial charge in [-0.25, -0.2) is 4.79 Å². The van der Waals surface area contributed by atoms with Crippen molar-refractivity contribution in [2.24, 2.45) is 0 Å². The van der Waals surface area contributed by atoms with E-state index in [0.717, 1.165) is 11.1 Å². The molecule has 32 heavy (non-hydrogen) atoms. The van der Waals surface area contributed by atoms with E-state index in [-0.39, 0.29) is 24.9 Å². The molecule has 4 rings (SSSR count). The minimum atomic E-state index is -1.10. The lowest BCUT2D eigenvalue weighted by Gasteiger charge is -2.38. The second-order valence-corrected chi connectivity index (χ2v) is 8.32. The number of nitrogens with one attached hydrogen (secondary N) is 1. The van der Waals surface area contributed by atoms with Gasteiger partial charge in [-0.05, 0) is 37.5 Å². The van der Waals surface area contributed by atoms with Crippen molar-refractivity contribution in [3.63, 3.8) is 0 Å². The highest BCUT2D eigenvalue weighted by Gasteiger charge is 2.53. The first-order chi connectivity index (χ1) is 15.3. The van der Waals surface area contributed by atoms with Gasteiger partial charge in [0.1, 0.15) is 17.0 Å². The highest BCUT2D eigenvalue weighted by molar-refractivity contribution is 6.07. The third kappa shape index (κ3) is 4.00. The van der Waals surface area contributed by atoms with Gasteiger partial charge in [0.05, 0.1) is 27.3 Å². The number of carbonyl (C=O) groups is 3. The Bertz CT molecular complexity index is 1030. The molecular formula is C24H27N3O5. The molecule has 0 saturated carbocycles. The summed E-state index contributed by atoms with van der Waals surface area (Å²) in [5.41, 5.74) is 1.30. The van der Waals surface area contributed by atoms with Gasteiger partial charge < -0.3 is 19.7 Å². The molecule has 2 aromatic carbocycles. The Morgan fingerprint density at radius 2 is 1.72 bits per heavy atom. The van der Waals surface area contributed by atoms with E-state index in [4.69, 9.17) is 9.47 Å². The van der Waals surface area contributed by atoms with E-state index in [2.05, 4.69) is 5.32 Å². The van der Waals surface area contributed by atoms with Crippen molar-refractivity contribution in [1.29, 1.82) is 0 Å². The first-order valence-electron chi connectivity index (χ1n) is 10.6. The zero-order valence-corrected chi connectivity index (χ0v) is 18.5. The Balaban J connectivity index is 1.54. The number of methoxy groups -OCH3 is 2. The topological polar surface area (TPSA) is 88.2 Å². The first-order valence-corrected chi connectivity index (χ1v) is 10.6. The van der Waals surface area contributed by atoms with Crippen LogP contribution in [0.5, 0.6) is 11.5 Å². The number of nitrogens with zero attached hydrogens (tertiary/aromatic N) is 2. The number of amides is 4. The summed E-state index contributed by atoms with van der Waals surface area (Å²) in [4.78, 5) is 42.1. The molecule has 2 heterocycles. The summed E-state index contributed by atoms with van der Waals surface area (Å²) in [5.74, 6) is 0.493. The first kappa shape index (κ1) is 21.7. The van der Waals surface area contributed by atoms with Crippen molar-refractivity contribution in [1.82, 2.24) is 15.1 Å². The van der Waals surface area contributed by atoms with E-state index in [1.54, 1.807) is 23.1 Å². The molecule has 8 heteroatoms. The lowest BCUT2D eigenvalue weighted by atomic mass is 9.88. The van der Waals surface area contributed by atoms with Crippen LogP contribution < -0.4 is 14.8 Å². The van der Waals surface area contributed by atoms with Gasteiger partial charge in [0.15, 0.2) is 0 Å². The van der Waals surface area contributed by atoms with Crippen molar-refractivity contribution in [3.8, 4) is 11.5 Å². The number of hydrogen-bond donors (Lipinski definition) is 1. The van der Waals surface area contributed by atoms with Crippen LogP contribution in [-0.4, -0.2) is 60.5 Å². The van der Waals surface area contributed by atoms with Crippen LogP contribution in [0.1, 0.15) is 34.3 Å². The predicted octanol–water partition coefficient (Wildman–Crippen LogP) is 2.74. The number of rotatable bonds is 5. The lowest BCUT2D eigenvalue weighted by molar-refractivity contribution is -0.133. The fourth-order valence-corrected chi connectivity index (χ4v) is 4.31. The summed E-state index contributed by atoms with van der Waals surface area (Å²) in [7, 11) is 3.04. The van der Waals surface area contributed by atoms with Crippen molar-refractivity contribution in [2.75, 3.05) is 27.3 Å². The van der Waals surface area contributed by atoms with E-state index >= 15 is 0 Å². The summed E-state index contributed by atoms with van der Waals surface area (Å²) >= 11 is 0. The van der Waals surface area contributed by atoms with Gasteiger partial charge in [-0.1, -0.05) is 29.8 Å². The molecule has 4 amide bonds. The fourth-order valence-electron chi connectivity index (χ4n) is 4.31. The molecule has 0 radical (unpaired) electrons. The highest BCUT2D eigenvalue weighted by atomic mass is 16.5. The van der Waals surface area contributed by atoms with Gasteiger partial charge in [0.2, 0.25) is 0 Å². The van der Waals surface area contributed by atoms with E-state index < -0.39 is 11.6 Å². The molecule has 1 spiro atoms. The van der Waals surface area contributed by atoms with Gasteiger partial charge in [-0.2, -0.15) is 0 Å². The van der Waals surface area contributed by atoms with Gasteiger partial charge in [0, 0.05) is 18.2 Å². The standard InChI is InChI=1S/C24H27N3O5/c1-16-5-7-17(8-6-16)14-27-22(29)24(25-23(27)30)9-4-10-26(15-24)21(28)18-11-19(31-2)13-20(12-18)32-3/h5-8,11-13H,4,9-10,14-15H2,1-3H3,(H,25,30)/t24-/m0/s1. The summed E-state index contributed by atoms with van der Waals surface area (Å²) < 4.78 is 10.5. The van der Waals surface area contributed by atoms with Crippen molar-refractivity contribution in [3.05, 3.63) is 59.2 Å². The molecule has 2 aliphatic heterocycles. The van der Waals surface area contributed by atoms with Crippen LogP contribution in [0.3, 0.4) is 0 Å². The molecule has 8 nitrogen and oxygen atoms in total. The molecule has 0 bridgehead atoms. The molecule has 1 N–H and O–H groups in total. The summed E-state index contributed by atoms with van der Waals surface area (Å²) in [5, 5.41) is 2.88. The second-order valence-electron chi connectivity index (χ2n) is 8.32. The number of hydrogen-bond acceptors (Lipinski definition) is 5. The Labute approximate surface area is 187 Å². The smallest absolute Gasteiger partial charge is 0.325 e. The number of benzene rings is 2. The Morgan fingerprint density at radius 1 is 1.06 bits per heavy atom. The number of ether oxygens (including phenoxy) is 2. The van der Waals surface area contributed by atoms with Crippen LogP contribution in [0.4, 0.5) is 4.79 Å². The molecule has 0 aliphatic carbocycles. The van der Waals surface area contributed by atoms with Gasteiger partial charge >= 0.3 is 6.03 Å². The average molecular weight is 437 g/mol. The molecule has 2 fully saturated rings. The van der Waals surface area contributed by atoms with E-state index in [1.165, 1.54) is 19.1 Å². The summed E-state index contributed by atoms with van der Waals surface area (Å²) in [6.07, 6.45) is 1.10. The van der Waals surface area contributed by atoms with E-state index in [0.29, 0.717) is 36.4 Å². The largest absolute Gasteiger partial charge is 0.497 e. The average Bonchev–Trinajstić information content (AvgIpc) is 3.03. The van der Waals surface area contributed by atoms with Crippen LogP contribution in [0.25, 0.3) is 0 Å². The third-order valence-electron chi connectivity index (χ3n) is 6.09. The van der Waals surface area contributed by atoms with Gasteiger partial charge in [0.25, 0.3) is 11.8 Å². The molecule has 0 aromatic heterocycles. The second kappa shape index (κ2) is 8.53. The van der Waals surface area contributed by atoms with Crippen LogP contribution in [0, 0.1) is 6.92 Å². The van der Waals surface area contributed by atoms with Gasteiger partial charge in [-0.15, -0.1) is 0 Å². The zero-order chi connectivity index (χ0) is 22.9. The number of imide groups is 1. The molecule has 168 valence electrons. The number of urea groups is 1. The van der Waals surface area contributed by atoms with Crippen LogP contribution in [-0.2, 0) is 11.3 Å². The summed E-state index contributed by atoms with van der Waals surface area (Å²) in [6, 6.07) is 12.3. The third-order valence-corrected chi connectivity index (χ3v) is 6.09. The maximum atomic E-state index is 13.3. The maximum Gasteiger partial charge on any atom is 0.325 e. The van der Waals surface area contributed by atoms with Crippen LogP contribution >= 0.6 is 0 Å². The SMILES string of the molecule is COc1cc(OC)cc(C(=O)N2CCC[C@@]3(C2)NC(=O)N(Cc2ccc(C)cc2)C3=O)c1. The number of carbonyl (C=O) groups excluding carboxylic acids is 3. The lowest BCUT2D eigenvalue weighted by Crippen LogP contribution is -2.59. The van der Waals surface area contributed by atoms with Crippen molar-refractivity contribution >= 4 is 17.8 Å². The fraction of sp³-hybridized carbons (Fsp3) is 0.375. The van der Waals surface area contributed by atoms with Crippen molar-refractivity contribution < 1.29 is 23.9 Å². The minimum Gasteiger partial charge on any atom is -0.497 e. The molecular weight excluding hydrogens is 410 g/mol. The Hall–Kier alpha value is -3.55. The number of aryl methyl sites for hydroxylation is 1. The maximum absolute atomic E-state index is 13.3. The van der Waals surface area contributed by atoms with Gasteiger partial charge in [-0.3, -0.25) is 14.5 Å². The number of piperidine rings is 1. The van der Waals surface area contributed by atoms with Crippen LogP contribution in [0.15, 0.2) is 42.5 Å². The normalized spacial score (nSPS) is 20.5. The zero-order valence-electron chi connectivity index (χ0n) is 18.5. The summed E-state index contributed by atoms with van der Waals surface area (Å²) in [6.45, 7) is 2.81. The highest BCUT2D eigenvalue weighted by Crippen LogP contribution is 2.31. The molecule has 2 saturated heterocycles. The molecule has 1 atom stereocenters. The van der Waals surface area contributed by atoms with Crippen LogP contribution in [0.2, 0.25) is 0 Å². The molecule has 2 aromatic rings. The Morgan fingerprint density at radius 3 is 2.34 bits per heavy atom. The van der Waals surface area contributed by atoms with E-state index in [1.807, 2.05) is 31.2 Å². The molecule has 0 unspecified atom stereocenters. The van der Waals surface area contributed by atoms with Crippen molar-refractivity contribution in [2.45, 2.75) is 31.8 Å². The monoisotopic (exact) mass is 437 g/mol. The quantitative estimate of drug-likeness (QED) is 0.727. The minimum absolute atomic E-state index is 0.125. The van der Waals surface area contributed by atoms with E-state index in [9.17, 15) is 14.4 Å². The number of likely N-dealkylation sites (tertiary alicyclic amines) is 1.